The van der Waals surface area contributed by atoms with Crippen molar-refractivity contribution in [3.05, 3.63) is 17.7 Å². The molecule has 0 amide bonds. The lowest BCUT2D eigenvalue weighted by atomic mass is 9.96. The molecule has 0 saturated heterocycles. The summed E-state index contributed by atoms with van der Waals surface area (Å²) in [6.07, 6.45) is 1.90. The van der Waals surface area contributed by atoms with E-state index < -0.39 is 9.84 Å². The molecule has 1 rings (SSSR count). The molecule has 2 N–H and O–H groups in total. The second kappa shape index (κ2) is 6.25. The van der Waals surface area contributed by atoms with Crippen LogP contribution >= 0.6 is 0 Å². The van der Waals surface area contributed by atoms with Crippen LogP contribution < -0.4 is 15.2 Å². The van der Waals surface area contributed by atoms with Crippen LogP contribution in [0, 0.1) is 0 Å². The Bertz CT molecular complexity index is 540. The largest absolute Gasteiger partial charge is 0.497 e. The summed E-state index contributed by atoms with van der Waals surface area (Å²) in [6.45, 7) is 2.51. The smallest absolute Gasteiger partial charge is 0.179 e. The van der Waals surface area contributed by atoms with Crippen molar-refractivity contribution >= 4 is 9.84 Å². The summed E-state index contributed by atoms with van der Waals surface area (Å²) in [4.78, 5) is 0.147. The number of ether oxygens (including phenoxy) is 2. The van der Waals surface area contributed by atoms with Crippen molar-refractivity contribution in [2.45, 2.75) is 24.2 Å². The van der Waals surface area contributed by atoms with Crippen molar-refractivity contribution in [3.8, 4) is 11.5 Å². The highest BCUT2D eigenvalue weighted by atomic mass is 32.2. The molecule has 0 saturated carbocycles. The van der Waals surface area contributed by atoms with Gasteiger partial charge in [-0.3, -0.25) is 0 Å². The third-order valence-electron chi connectivity index (χ3n) is 3.03. The molecule has 6 heteroatoms. The van der Waals surface area contributed by atoms with Gasteiger partial charge in [-0.25, -0.2) is 8.42 Å². The molecule has 0 aliphatic carbocycles. The highest BCUT2D eigenvalue weighted by Crippen LogP contribution is 2.37. The van der Waals surface area contributed by atoms with Gasteiger partial charge in [0.05, 0.1) is 14.2 Å². The molecular weight excluding hydrogens is 266 g/mol. The second-order valence-electron chi connectivity index (χ2n) is 4.50. The predicted octanol–water partition coefficient (Wildman–Crippen LogP) is 1.56. The summed E-state index contributed by atoms with van der Waals surface area (Å²) in [6, 6.07) is 3.28. The van der Waals surface area contributed by atoms with Gasteiger partial charge in [0.25, 0.3) is 0 Å². The van der Waals surface area contributed by atoms with Crippen LogP contribution in [0.4, 0.5) is 0 Å². The van der Waals surface area contributed by atoms with Crippen LogP contribution in [0.2, 0.25) is 0 Å². The zero-order valence-electron chi connectivity index (χ0n) is 11.8. The minimum atomic E-state index is -3.39. The maximum atomic E-state index is 11.9. The molecular formula is C13H21NO4S. The summed E-state index contributed by atoms with van der Waals surface area (Å²) >= 11 is 0. The molecule has 1 unspecified atom stereocenters. The topological polar surface area (TPSA) is 78.6 Å². The first-order chi connectivity index (χ1) is 8.85. The average Bonchev–Trinajstić information content (AvgIpc) is 2.36. The van der Waals surface area contributed by atoms with Crippen molar-refractivity contribution in [2.24, 2.45) is 5.73 Å². The van der Waals surface area contributed by atoms with Crippen LogP contribution in [0.3, 0.4) is 0 Å². The zero-order chi connectivity index (χ0) is 14.6. The van der Waals surface area contributed by atoms with E-state index in [4.69, 9.17) is 15.2 Å². The minimum Gasteiger partial charge on any atom is -0.497 e. The Balaban J connectivity index is 3.52. The van der Waals surface area contributed by atoms with E-state index in [0.29, 0.717) is 18.0 Å². The Morgan fingerprint density at radius 2 is 1.89 bits per heavy atom. The summed E-state index contributed by atoms with van der Waals surface area (Å²) in [5.74, 6) is 0.972. The predicted molar refractivity (Wildman–Crippen MR) is 74.7 cm³/mol. The number of hydrogen-bond donors (Lipinski definition) is 1. The summed E-state index contributed by atoms with van der Waals surface area (Å²) in [5, 5.41) is 0. The molecule has 0 bridgehead atoms. The first kappa shape index (κ1) is 15.8. The summed E-state index contributed by atoms with van der Waals surface area (Å²) < 4.78 is 34.2. The number of sulfone groups is 1. The zero-order valence-corrected chi connectivity index (χ0v) is 12.6. The molecule has 1 aromatic carbocycles. The second-order valence-corrected chi connectivity index (χ2v) is 6.48. The van der Waals surface area contributed by atoms with Crippen molar-refractivity contribution < 1.29 is 17.9 Å². The van der Waals surface area contributed by atoms with Crippen molar-refractivity contribution in [2.75, 3.05) is 27.0 Å². The van der Waals surface area contributed by atoms with Gasteiger partial charge in [0.2, 0.25) is 0 Å². The lowest BCUT2D eigenvalue weighted by Gasteiger charge is -2.19. The SMILES string of the molecule is COc1cc(C(C)CCN)c(OC)c(S(C)(=O)=O)c1. The van der Waals surface area contributed by atoms with Gasteiger partial charge in [-0.15, -0.1) is 0 Å². The molecule has 0 heterocycles. The maximum Gasteiger partial charge on any atom is 0.179 e. The van der Waals surface area contributed by atoms with Crippen LogP contribution in [-0.2, 0) is 9.84 Å². The van der Waals surface area contributed by atoms with E-state index in [2.05, 4.69) is 0 Å². The fourth-order valence-corrected chi connectivity index (χ4v) is 2.85. The van der Waals surface area contributed by atoms with E-state index in [9.17, 15) is 8.42 Å². The highest BCUT2D eigenvalue weighted by molar-refractivity contribution is 7.90. The van der Waals surface area contributed by atoms with E-state index in [0.717, 1.165) is 18.2 Å². The van der Waals surface area contributed by atoms with E-state index >= 15 is 0 Å². The summed E-state index contributed by atoms with van der Waals surface area (Å²) in [7, 11) is -0.413. The lowest BCUT2D eigenvalue weighted by molar-refractivity contribution is 0.383. The van der Waals surface area contributed by atoms with Gasteiger partial charge >= 0.3 is 0 Å². The monoisotopic (exact) mass is 287 g/mol. The molecule has 0 spiro atoms. The fraction of sp³-hybridized carbons (Fsp3) is 0.538. The van der Waals surface area contributed by atoms with E-state index in [1.807, 2.05) is 6.92 Å². The van der Waals surface area contributed by atoms with Crippen molar-refractivity contribution in [1.82, 2.24) is 0 Å². The molecule has 0 radical (unpaired) electrons. The first-order valence-electron chi connectivity index (χ1n) is 6.01. The standard InChI is InChI=1S/C13H21NO4S/c1-9(5-6-14)11-7-10(17-2)8-12(13(11)18-3)19(4,15)16/h7-9H,5-6,14H2,1-4H3. The van der Waals surface area contributed by atoms with Gasteiger partial charge in [0.1, 0.15) is 16.4 Å². The highest BCUT2D eigenvalue weighted by Gasteiger charge is 2.22. The van der Waals surface area contributed by atoms with Crippen LogP contribution in [0.5, 0.6) is 11.5 Å². The van der Waals surface area contributed by atoms with Crippen molar-refractivity contribution in [3.63, 3.8) is 0 Å². The molecule has 1 aromatic rings. The van der Waals surface area contributed by atoms with Gasteiger partial charge in [-0.1, -0.05) is 6.92 Å². The Morgan fingerprint density at radius 1 is 1.26 bits per heavy atom. The molecule has 0 aromatic heterocycles. The van der Waals surface area contributed by atoms with Gasteiger partial charge in [-0.2, -0.15) is 0 Å². The van der Waals surface area contributed by atoms with Gasteiger partial charge in [0.15, 0.2) is 9.84 Å². The minimum absolute atomic E-state index is 0.0931. The number of nitrogens with two attached hydrogens (primary N) is 1. The molecule has 108 valence electrons. The van der Waals surface area contributed by atoms with E-state index in [1.165, 1.54) is 20.3 Å². The Morgan fingerprint density at radius 3 is 2.32 bits per heavy atom. The lowest BCUT2D eigenvalue weighted by Crippen LogP contribution is -2.09. The summed E-state index contributed by atoms with van der Waals surface area (Å²) in [5.41, 5.74) is 6.36. The molecule has 1 atom stereocenters. The molecule has 0 fully saturated rings. The molecule has 19 heavy (non-hydrogen) atoms. The Hall–Kier alpha value is -1.27. The third kappa shape index (κ3) is 3.61. The van der Waals surface area contributed by atoms with Crippen LogP contribution in [-0.4, -0.2) is 35.4 Å². The third-order valence-corrected chi connectivity index (χ3v) is 4.13. The number of rotatable bonds is 6. The van der Waals surface area contributed by atoms with Gasteiger partial charge in [-0.05, 0) is 24.9 Å². The van der Waals surface area contributed by atoms with Gasteiger partial charge in [0, 0.05) is 17.9 Å². The normalized spacial score (nSPS) is 13.1. The quantitative estimate of drug-likeness (QED) is 0.859. The fourth-order valence-electron chi connectivity index (χ4n) is 1.98. The molecule has 0 aliphatic rings. The molecule has 5 nitrogen and oxygen atoms in total. The first-order valence-corrected chi connectivity index (χ1v) is 7.90. The average molecular weight is 287 g/mol. The van der Waals surface area contributed by atoms with E-state index in [1.54, 1.807) is 6.07 Å². The van der Waals surface area contributed by atoms with E-state index in [-0.39, 0.29) is 10.8 Å². The van der Waals surface area contributed by atoms with Crippen LogP contribution in [0.1, 0.15) is 24.8 Å². The Kier molecular flexibility index (Phi) is 5.20. The van der Waals surface area contributed by atoms with Gasteiger partial charge < -0.3 is 15.2 Å². The molecule has 0 aliphatic heterocycles. The number of hydrogen-bond acceptors (Lipinski definition) is 5. The van der Waals surface area contributed by atoms with Crippen LogP contribution in [0.15, 0.2) is 17.0 Å². The van der Waals surface area contributed by atoms with Crippen LogP contribution in [0.25, 0.3) is 0 Å². The Labute approximate surface area is 114 Å². The van der Waals surface area contributed by atoms with Crippen molar-refractivity contribution in [1.29, 1.82) is 0 Å². The number of benzene rings is 1. The maximum absolute atomic E-state index is 11.9. The number of methoxy groups -OCH3 is 2.